The molecule has 2 aromatic rings. The summed E-state index contributed by atoms with van der Waals surface area (Å²) >= 11 is 0. The summed E-state index contributed by atoms with van der Waals surface area (Å²) in [6.45, 7) is 2.91. The van der Waals surface area contributed by atoms with Crippen LogP contribution in [0.25, 0.3) is 0 Å². The minimum atomic E-state index is -1.34. The summed E-state index contributed by atoms with van der Waals surface area (Å²) in [4.78, 5) is 23.5. The first-order valence-electron chi connectivity index (χ1n) is 13.0. The van der Waals surface area contributed by atoms with Crippen LogP contribution in [-0.2, 0) is 6.42 Å². The van der Waals surface area contributed by atoms with Crippen molar-refractivity contribution in [1.82, 2.24) is 0 Å². The first kappa shape index (κ1) is 28.2. The van der Waals surface area contributed by atoms with Crippen LogP contribution in [0.15, 0.2) is 42.5 Å². The number of hydrogen-bond donors (Lipinski definition) is 2. The molecule has 0 saturated carbocycles. The molecule has 2 N–H and O–H groups in total. The number of benzene rings is 2. The normalized spacial score (nSPS) is 10.8. The van der Waals surface area contributed by atoms with Crippen LogP contribution < -0.4 is 9.47 Å². The summed E-state index contributed by atoms with van der Waals surface area (Å²) in [5, 5.41) is 19.2. The molecule has 0 unspecified atom stereocenters. The van der Waals surface area contributed by atoms with E-state index in [1.165, 1.54) is 62.6 Å². The van der Waals surface area contributed by atoms with Crippen LogP contribution in [0.3, 0.4) is 0 Å². The van der Waals surface area contributed by atoms with Gasteiger partial charge in [0.2, 0.25) is 0 Å². The molecule has 0 aliphatic heterocycles. The van der Waals surface area contributed by atoms with Crippen molar-refractivity contribution in [2.24, 2.45) is 0 Å². The zero-order chi connectivity index (χ0) is 25.3. The maximum atomic E-state index is 11.9. The van der Waals surface area contributed by atoms with Crippen molar-refractivity contribution in [1.29, 1.82) is 0 Å². The molecule has 35 heavy (non-hydrogen) atoms. The lowest BCUT2D eigenvalue weighted by Crippen LogP contribution is -2.13. The van der Waals surface area contributed by atoms with E-state index in [9.17, 15) is 19.8 Å². The predicted octanol–water partition coefficient (Wildman–Crippen LogP) is 7.39. The average molecular weight is 485 g/mol. The van der Waals surface area contributed by atoms with Crippen LogP contribution in [0.5, 0.6) is 11.5 Å². The molecule has 0 spiro atoms. The molecule has 6 heteroatoms. The number of carbonyl (C=O) groups is 2. The van der Waals surface area contributed by atoms with Crippen LogP contribution in [0.1, 0.15) is 104 Å². The number of unbranched alkanes of at least 4 members (excludes halogenated alkanes) is 9. The van der Waals surface area contributed by atoms with Crippen molar-refractivity contribution < 1.29 is 29.3 Å². The van der Waals surface area contributed by atoms with Crippen LogP contribution >= 0.6 is 0 Å². The van der Waals surface area contributed by atoms with E-state index in [1.807, 2.05) is 30.3 Å². The Morgan fingerprint density at radius 1 is 0.686 bits per heavy atom. The Hall–Kier alpha value is -3.02. The molecule has 0 radical (unpaired) electrons. The molecule has 0 atom stereocenters. The van der Waals surface area contributed by atoms with Crippen molar-refractivity contribution >= 4 is 11.9 Å². The lowest BCUT2D eigenvalue weighted by Gasteiger charge is -2.16. The summed E-state index contributed by atoms with van der Waals surface area (Å²) < 4.78 is 11.7. The molecule has 0 aliphatic rings. The third kappa shape index (κ3) is 10.4. The lowest BCUT2D eigenvalue weighted by molar-refractivity contribution is 0.0646. The zero-order valence-electron chi connectivity index (χ0n) is 21.0. The van der Waals surface area contributed by atoms with Gasteiger partial charge in [-0.05, 0) is 37.0 Å². The van der Waals surface area contributed by atoms with Crippen molar-refractivity contribution in [2.45, 2.75) is 84.0 Å². The van der Waals surface area contributed by atoms with E-state index in [0.29, 0.717) is 13.2 Å². The van der Waals surface area contributed by atoms with Crippen molar-refractivity contribution in [2.75, 3.05) is 13.2 Å². The second-order valence-electron chi connectivity index (χ2n) is 8.89. The van der Waals surface area contributed by atoms with Gasteiger partial charge < -0.3 is 19.7 Å². The summed E-state index contributed by atoms with van der Waals surface area (Å²) in [6, 6.07) is 12.8. The molecule has 2 aromatic carbocycles. The van der Waals surface area contributed by atoms with Gasteiger partial charge >= 0.3 is 11.9 Å². The van der Waals surface area contributed by atoms with Gasteiger partial charge in [-0.15, -0.1) is 0 Å². The highest BCUT2D eigenvalue weighted by Crippen LogP contribution is 2.34. The van der Waals surface area contributed by atoms with Crippen LogP contribution in [0.4, 0.5) is 0 Å². The molecule has 0 aliphatic carbocycles. The fourth-order valence-electron chi connectivity index (χ4n) is 4.08. The zero-order valence-corrected chi connectivity index (χ0v) is 21.0. The standard InChI is InChI=1S/C29H40O6/c1-2-3-4-5-6-7-8-9-10-14-21-35-27-25(20-19-24(28(30)31)26(27)29(32)33)34-22-15-18-23-16-12-11-13-17-23/h11-13,16-17,19-20H,2-10,14-15,18,21-22H2,1H3,(H,30,31)(H,32,33). The highest BCUT2D eigenvalue weighted by atomic mass is 16.5. The Morgan fingerprint density at radius 2 is 1.29 bits per heavy atom. The van der Waals surface area contributed by atoms with E-state index >= 15 is 0 Å². The number of aromatic carboxylic acids is 2. The van der Waals surface area contributed by atoms with Crippen molar-refractivity contribution in [3.05, 3.63) is 59.2 Å². The smallest absolute Gasteiger partial charge is 0.340 e. The van der Waals surface area contributed by atoms with Gasteiger partial charge in [0.05, 0.1) is 18.8 Å². The molecule has 0 bridgehead atoms. The number of carboxylic acids is 2. The second-order valence-corrected chi connectivity index (χ2v) is 8.89. The molecular weight excluding hydrogens is 444 g/mol. The first-order valence-corrected chi connectivity index (χ1v) is 13.0. The quantitative estimate of drug-likeness (QED) is 0.202. The van der Waals surface area contributed by atoms with Gasteiger partial charge in [0.1, 0.15) is 5.56 Å². The molecule has 0 saturated heterocycles. The fraction of sp³-hybridized carbons (Fsp3) is 0.517. The second kappa shape index (κ2) is 16.6. The minimum absolute atomic E-state index is 0.00744. The highest BCUT2D eigenvalue weighted by Gasteiger charge is 2.25. The Morgan fingerprint density at radius 3 is 1.89 bits per heavy atom. The Kier molecular flexibility index (Phi) is 13.4. The largest absolute Gasteiger partial charge is 0.490 e. The van der Waals surface area contributed by atoms with Crippen LogP contribution in [0.2, 0.25) is 0 Å². The molecule has 2 rings (SSSR count). The van der Waals surface area contributed by atoms with Crippen LogP contribution in [0, 0.1) is 0 Å². The fourth-order valence-corrected chi connectivity index (χ4v) is 4.08. The predicted molar refractivity (Wildman–Crippen MR) is 138 cm³/mol. The van der Waals surface area contributed by atoms with Gasteiger partial charge in [-0.25, -0.2) is 9.59 Å². The van der Waals surface area contributed by atoms with E-state index in [4.69, 9.17) is 9.47 Å². The number of aryl methyl sites for hydroxylation is 1. The molecule has 192 valence electrons. The Labute approximate surface area is 209 Å². The van der Waals surface area contributed by atoms with E-state index < -0.39 is 11.9 Å². The maximum absolute atomic E-state index is 11.9. The maximum Gasteiger partial charge on any atom is 0.340 e. The third-order valence-corrected chi connectivity index (χ3v) is 6.02. The van der Waals surface area contributed by atoms with Gasteiger partial charge in [0.25, 0.3) is 0 Å². The molecular formula is C29H40O6. The number of ether oxygens (including phenoxy) is 2. The van der Waals surface area contributed by atoms with E-state index in [-0.39, 0.29) is 22.6 Å². The van der Waals surface area contributed by atoms with Gasteiger partial charge in [-0.1, -0.05) is 95.0 Å². The van der Waals surface area contributed by atoms with E-state index in [1.54, 1.807) is 0 Å². The number of rotatable bonds is 19. The number of hydrogen-bond acceptors (Lipinski definition) is 4. The van der Waals surface area contributed by atoms with E-state index in [2.05, 4.69) is 6.92 Å². The van der Waals surface area contributed by atoms with Gasteiger partial charge in [-0.3, -0.25) is 0 Å². The SMILES string of the molecule is CCCCCCCCCCCCOc1c(OCCCc2ccccc2)ccc(C(=O)O)c1C(=O)O. The summed E-state index contributed by atoms with van der Waals surface area (Å²) in [5.74, 6) is -2.36. The monoisotopic (exact) mass is 484 g/mol. The minimum Gasteiger partial charge on any atom is -0.490 e. The molecule has 0 fully saturated rings. The molecule has 0 aromatic heterocycles. The van der Waals surface area contributed by atoms with Gasteiger partial charge in [0, 0.05) is 0 Å². The summed E-state index contributed by atoms with van der Waals surface area (Å²) in [7, 11) is 0. The number of carboxylic acid groups (broad SMARTS) is 2. The topological polar surface area (TPSA) is 93.1 Å². The Balaban J connectivity index is 1.89. The highest BCUT2D eigenvalue weighted by molar-refractivity contribution is 6.04. The van der Waals surface area contributed by atoms with Crippen molar-refractivity contribution in [3.63, 3.8) is 0 Å². The molecule has 0 heterocycles. The van der Waals surface area contributed by atoms with Gasteiger partial charge in [-0.2, -0.15) is 0 Å². The summed E-state index contributed by atoms with van der Waals surface area (Å²) in [6.07, 6.45) is 13.4. The van der Waals surface area contributed by atoms with Crippen molar-refractivity contribution in [3.8, 4) is 11.5 Å². The van der Waals surface area contributed by atoms with E-state index in [0.717, 1.165) is 32.1 Å². The third-order valence-electron chi connectivity index (χ3n) is 6.02. The van der Waals surface area contributed by atoms with Gasteiger partial charge in [0.15, 0.2) is 11.5 Å². The first-order chi connectivity index (χ1) is 17.0. The average Bonchev–Trinajstić information content (AvgIpc) is 2.85. The Bertz CT molecular complexity index is 894. The molecule has 6 nitrogen and oxygen atoms in total. The van der Waals surface area contributed by atoms with Crippen LogP contribution in [-0.4, -0.2) is 35.4 Å². The lowest BCUT2D eigenvalue weighted by atomic mass is 10.1. The molecule has 0 amide bonds. The summed E-state index contributed by atoms with van der Waals surface area (Å²) in [5.41, 5.74) is 0.540.